The highest BCUT2D eigenvalue weighted by atomic mass is 32.2. The van der Waals surface area contributed by atoms with Gasteiger partial charge in [-0.25, -0.2) is 0 Å². The number of hydrogen-bond acceptors (Lipinski definition) is 8. The lowest BCUT2D eigenvalue weighted by atomic mass is 10.2. The molecule has 2 aromatic heterocycles. The summed E-state index contributed by atoms with van der Waals surface area (Å²) in [5.41, 5.74) is 2.26. The maximum absolute atomic E-state index is 12.7. The number of anilines is 1. The molecular weight excluding hydrogens is 454 g/mol. The van der Waals surface area contributed by atoms with Crippen molar-refractivity contribution in [3.63, 3.8) is 0 Å². The topological polar surface area (TPSA) is 100 Å². The lowest BCUT2D eigenvalue weighted by molar-refractivity contribution is -0.113. The zero-order valence-electron chi connectivity index (χ0n) is 18.9. The molecule has 10 heteroatoms. The molecule has 2 heterocycles. The van der Waals surface area contributed by atoms with Crippen LogP contribution in [-0.2, 0) is 4.79 Å². The second-order valence-corrected chi connectivity index (χ2v) is 7.92. The largest absolute Gasteiger partial charge is 0.497 e. The fourth-order valence-electron chi connectivity index (χ4n) is 3.23. The van der Waals surface area contributed by atoms with Gasteiger partial charge in [0.05, 0.1) is 32.8 Å². The molecule has 174 valence electrons. The number of amides is 1. The van der Waals surface area contributed by atoms with E-state index in [4.69, 9.17) is 14.2 Å². The molecule has 0 aliphatic rings. The first kappa shape index (κ1) is 23.1. The van der Waals surface area contributed by atoms with Crippen molar-refractivity contribution in [2.24, 2.45) is 0 Å². The van der Waals surface area contributed by atoms with E-state index in [0.717, 1.165) is 17.0 Å². The monoisotopic (exact) mass is 477 g/mol. The van der Waals surface area contributed by atoms with Crippen molar-refractivity contribution in [1.29, 1.82) is 0 Å². The Labute approximate surface area is 201 Å². The molecule has 0 atom stereocenters. The van der Waals surface area contributed by atoms with Gasteiger partial charge in [0.25, 0.3) is 0 Å². The molecule has 0 radical (unpaired) electrons. The number of benzene rings is 2. The van der Waals surface area contributed by atoms with Gasteiger partial charge in [0, 0.05) is 29.7 Å². The molecule has 0 unspecified atom stereocenters. The van der Waals surface area contributed by atoms with E-state index >= 15 is 0 Å². The summed E-state index contributed by atoms with van der Waals surface area (Å²) in [6.45, 7) is 0. The van der Waals surface area contributed by atoms with E-state index in [1.165, 1.54) is 18.9 Å². The molecular formula is C24H23N5O4S. The molecule has 34 heavy (non-hydrogen) atoms. The standard InChI is InChI=1S/C24H23N5O4S/c1-31-18-6-4-17(5-7-18)29-23(16-10-12-25-13-11-16)27-28-24(29)34-15-22(30)26-20-9-8-19(32-2)14-21(20)33-3/h4-14H,15H2,1-3H3,(H,26,30). The van der Waals surface area contributed by atoms with Crippen LogP contribution in [0.25, 0.3) is 17.1 Å². The first-order chi connectivity index (χ1) is 16.6. The van der Waals surface area contributed by atoms with Crippen LogP contribution < -0.4 is 19.5 Å². The van der Waals surface area contributed by atoms with Gasteiger partial charge in [-0.15, -0.1) is 10.2 Å². The lowest BCUT2D eigenvalue weighted by Crippen LogP contribution is -2.15. The normalized spacial score (nSPS) is 10.6. The van der Waals surface area contributed by atoms with Crippen molar-refractivity contribution < 1.29 is 19.0 Å². The maximum Gasteiger partial charge on any atom is 0.234 e. The number of carbonyl (C=O) groups is 1. The first-order valence-electron chi connectivity index (χ1n) is 10.3. The Bertz CT molecular complexity index is 1260. The quantitative estimate of drug-likeness (QED) is 0.360. The van der Waals surface area contributed by atoms with Crippen LogP contribution in [0.1, 0.15) is 0 Å². The number of aromatic nitrogens is 4. The van der Waals surface area contributed by atoms with Gasteiger partial charge in [0.15, 0.2) is 11.0 Å². The summed E-state index contributed by atoms with van der Waals surface area (Å²) in [4.78, 5) is 16.8. The van der Waals surface area contributed by atoms with Crippen LogP contribution in [0.3, 0.4) is 0 Å². The number of carbonyl (C=O) groups excluding carboxylic acids is 1. The number of methoxy groups -OCH3 is 3. The zero-order valence-corrected chi connectivity index (χ0v) is 19.7. The van der Waals surface area contributed by atoms with Crippen LogP contribution in [0.15, 0.2) is 72.1 Å². The van der Waals surface area contributed by atoms with Crippen LogP contribution in [-0.4, -0.2) is 52.7 Å². The van der Waals surface area contributed by atoms with Crippen molar-refractivity contribution in [3.8, 4) is 34.3 Å². The predicted octanol–water partition coefficient (Wildman–Crippen LogP) is 4.09. The van der Waals surface area contributed by atoms with Crippen LogP contribution in [0.4, 0.5) is 5.69 Å². The molecule has 0 bridgehead atoms. The Morgan fingerprint density at radius 2 is 1.62 bits per heavy atom. The summed E-state index contributed by atoms with van der Waals surface area (Å²) >= 11 is 1.28. The van der Waals surface area contributed by atoms with Gasteiger partial charge in [0.2, 0.25) is 5.91 Å². The molecule has 1 amide bonds. The second-order valence-electron chi connectivity index (χ2n) is 6.98. The average molecular weight is 478 g/mol. The van der Waals surface area contributed by atoms with Crippen LogP contribution in [0.5, 0.6) is 17.2 Å². The number of ether oxygens (including phenoxy) is 3. The summed E-state index contributed by atoms with van der Waals surface area (Å²) in [7, 11) is 4.73. The Morgan fingerprint density at radius 1 is 0.912 bits per heavy atom. The van der Waals surface area contributed by atoms with Gasteiger partial charge in [-0.3, -0.25) is 14.3 Å². The molecule has 0 saturated carbocycles. The smallest absolute Gasteiger partial charge is 0.234 e. The van der Waals surface area contributed by atoms with Crippen LogP contribution in [0, 0.1) is 0 Å². The summed E-state index contributed by atoms with van der Waals surface area (Å²) < 4.78 is 17.7. The molecule has 1 N–H and O–H groups in total. The highest BCUT2D eigenvalue weighted by Crippen LogP contribution is 2.31. The molecule has 0 saturated heterocycles. The summed E-state index contributed by atoms with van der Waals surface area (Å²) in [6.07, 6.45) is 3.40. The number of nitrogens with zero attached hydrogens (tertiary/aromatic N) is 4. The van der Waals surface area contributed by atoms with E-state index in [2.05, 4.69) is 20.5 Å². The third-order valence-corrected chi connectivity index (χ3v) is 5.85. The van der Waals surface area contributed by atoms with Gasteiger partial charge in [0.1, 0.15) is 17.2 Å². The second kappa shape index (κ2) is 10.7. The molecule has 2 aromatic carbocycles. The average Bonchev–Trinajstić information content (AvgIpc) is 3.32. The number of pyridine rings is 1. The fraction of sp³-hybridized carbons (Fsp3) is 0.167. The summed E-state index contributed by atoms with van der Waals surface area (Å²) in [5, 5.41) is 12.2. The van der Waals surface area contributed by atoms with Gasteiger partial charge in [-0.1, -0.05) is 11.8 Å². The van der Waals surface area contributed by atoms with Crippen molar-refractivity contribution >= 4 is 23.4 Å². The predicted molar refractivity (Wildman–Crippen MR) is 130 cm³/mol. The van der Waals surface area contributed by atoms with E-state index in [9.17, 15) is 4.79 Å². The molecule has 4 aromatic rings. The minimum absolute atomic E-state index is 0.125. The summed E-state index contributed by atoms with van der Waals surface area (Å²) in [6, 6.07) is 16.5. The van der Waals surface area contributed by atoms with E-state index in [-0.39, 0.29) is 11.7 Å². The van der Waals surface area contributed by atoms with Crippen molar-refractivity contribution in [3.05, 3.63) is 67.0 Å². The van der Waals surface area contributed by atoms with E-state index in [1.54, 1.807) is 44.8 Å². The maximum atomic E-state index is 12.7. The van der Waals surface area contributed by atoms with Gasteiger partial charge in [-0.2, -0.15) is 0 Å². The van der Waals surface area contributed by atoms with Gasteiger partial charge in [-0.05, 0) is 48.5 Å². The fourth-order valence-corrected chi connectivity index (χ4v) is 3.99. The van der Waals surface area contributed by atoms with Gasteiger partial charge >= 0.3 is 0 Å². The van der Waals surface area contributed by atoms with E-state index in [1.807, 2.05) is 41.0 Å². The van der Waals surface area contributed by atoms with E-state index in [0.29, 0.717) is 28.2 Å². The Balaban J connectivity index is 1.57. The Kier molecular flexibility index (Phi) is 7.28. The number of rotatable bonds is 9. The minimum Gasteiger partial charge on any atom is -0.497 e. The van der Waals surface area contributed by atoms with Crippen molar-refractivity contribution in [1.82, 2.24) is 19.7 Å². The Hall–Kier alpha value is -4.05. The highest BCUT2D eigenvalue weighted by molar-refractivity contribution is 7.99. The molecule has 0 aliphatic carbocycles. The highest BCUT2D eigenvalue weighted by Gasteiger charge is 2.18. The first-order valence-corrected chi connectivity index (χ1v) is 11.3. The molecule has 9 nitrogen and oxygen atoms in total. The Morgan fingerprint density at radius 3 is 2.29 bits per heavy atom. The van der Waals surface area contributed by atoms with Crippen molar-refractivity contribution in [2.45, 2.75) is 5.16 Å². The third-order valence-electron chi connectivity index (χ3n) is 4.92. The number of thioether (sulfide) groups is 1. The summed E-state index contributed by atoms with van der Waals surface area (Å²) in [5.74, 6) is 2.46. The van der Waals surface area contributed by atoms with Crippen LogP contribution >= 0.6 is 11.8 Å². The zero-order chi connectivity index (χ0) is 23.9. The van der Waals surface area contributed by atoms with Crippen molar-refractivity contribution in [2.75, 3.05) is 32.4 Å². The van der Waals surface area contributed by atoms with Crippen LogP contribution in [0.2, 0.25) is 0 Å². The molecule has 0 fully saturated rings. The lowest BCUT2D eigenvalue weighted by Gasteiger charge is -2.12. The molecule has 4 rings (SSSR count). The number of hydrogen-bond donors (Lipinski definition) is 1. The minimum atomic E-state index is -0.205. The van der Waals surface area contributed by atoms with E-state index < -0.39 is 0 Å². The van der Waals surface area contributed by atoms with Gasteiger partial charge < -0.3 is 19.5 Å². The SMILES string of the molecule is COc1ccc(-n2c(SCC(=O)Nc3ccc(OC)cc3OC)nnc2-c2ccncc2)cc1. The number of nitrogens with one attached hydrogen (secondary N) is 1. The molecule has 0 spiro atoms. The third kappa shape index (κ3) is 5.12. The molecule has 0 aliphatic heterocycles.